The molecule has 1 atom stereocenters. The number of nitrogens with two attached hydrogens (primary N) is 1. The van der Waals surface area contributed by atoms with Gasteiger partial charge < -0.3 is 15.8 Å². The third kappa shape index (κ3) is 5.97. The Morgan fingerprint density at radius 3 is 2.00 bits per heavy atom. The van der Waals surface area contributed by atoms with Crippen LogP contribution < -0.4 is 11.1 Å². The molecular formula is C17H24N2O. The molecule has 0 saturated heterocycles. The number of ether oxygens (including phenoxy) is 1. The SMILES string of the molecule is CNC(CN)c1ccccc1.COCc1ccccc1. The first-order chi connectivity index (χ1) is 9.81. The van der Waals surface area contributed by atoms with Crippen molar-refractivity contribution in [2.75, 3.05) is 20.7 Å². The molecule has 0 fully saturated rings. The van der Waals surface area contributed by atoms with Gasteiger partial charge in [-0.3, -0.25) is 0 Å². The van der Waals surface area contributed by atoms with Crippen molar-refractivity contribution >= 4 is 0 Å². The number of rotatable bonds is 5. The third-order valence-electron chi connectivity index (χ3n) is 2.94. The number of hydrogen-bond donors (Lipinski definition) is 2. The van der Waals surface area contributed by atoms with E-state index >= 15 is 0 Å². The van der Waals surface area contributed by atoms with E-state index in [-0.39, 0.29) is 6.04 Å². The second-order valence-corrected chi connectivity index (χ2v) is 4.41. The normalized spacial score (nSPS) is 11.3. The van der Waals surface area contributed by atoms with E-state index in [1.165, 1.54) is 11.1 Å². The van der Waals surface area contributed by atoms with Crippen LogP contribution in [0.25, 0.3) is 0 Å². The Morgan fingerprint density at radius 1 is 1.00 bits per heavy atom. The van der Waals surface area contributed by atoms with Crippen molar-refractivity contribution in [2.24, 2.45) is 5.73 Å². The van der Waals surface area contributed by atoms with Gasteiger partial charge >= 0.3 is 0 Å². The first kappa shape index (κ1) is 16.4. The van der Waals surface area contributed by atoms with Gasteiger partial charge in [0, 0.05) is 19.7 Å². The highest BCUT2D eigenvalue weighted by Gasteiger charge is 2.03. The van der Waals surface area contributed by atoms with Crippen molar-refractivity contribution in [3.8, 4) is 0 Å². The predicted octanol–water partition coefficient (Wildman–Crippen LogP) is 2.74. The summed E-state index contributed by atoms with van der Waals surface area (Å²) in [6, 6.07) is 20.6. The Bertz CT molecular complexity index is 441. The molecule has 2 aromatic rings. The monoisotopic (exact) mass is 272 g/mol. The molecule has 108 valence electrons. The number of nitrogens with one attached hydrogen (secondary N) is 1. The molecule has 2 aromatic carbocycles. The molecule has 0 bridgehead atoms. The van der Waals surface area contributed by atoms with Crippen LogP contribution in [-0.2, 0) is 11.3 Å². The summed E-state index contributed by atoms with van der Waals surface area (Å²) in [5, 5.41) is 3.14. The summed E-state index contributed by atoms with van der Waals surface area (Å²) in [6.07, 6.45) is 0. The highest BCUT2D eigenvalue weighted by Crippen LogP contribution is 2.09. The Kier molecular flexibility index (Phi) is 8.31. The van der Waals surface area contributed by atoms with E-state index in [4.69, 9.17) is 10.5 Å². The number of hydrogen-bond acceptors (Lipinski definition) is 3. The molecule has 0 spiro atoms. The van der Waals surface area contributed by atoms with Gasteiger partial charge in [-0.25, -0.2) is 0 Å². The predicted molar refractivity (Wildman–Crippen MR) is 84.5 cm³/mol. The van der Waals surface area contributed by atoms with Crippen molar-refractivity contribution in [3.05, 3.63) is 71.8 Å². The molecule has 0 radical (unpaired) electrons. The van der Waals surface area contributed by atoms with Gasteiger partial charge in [0.25, 0.3) is 0 Å². The van der Waals surface area contributed by atoms with Crippen molar-refractivity contribution in [3.63, 3.8) is 0 Å². The zero-order valence-corrected chi connectivity index (χ0v) is 12.3. The summed E-state index contributed by atoms with van der Waals surface area (Å²) in [6.45, 7) is 1.35. The minimum atomic E-state index is 0.288. The van der Waals surface area contributed by atoms with E-state index < -0.39 is 0 Å². The third-order valence-corrected chi connectivity index (χ3v) is 2.94. The van der Waals surface area contributed by atoms with Gasteiger partial charge in [0.15, 0.2) is 0 Å². The first-order valence-electron chi connectivity index (χ1n) is 6.77. The first-order valence-corrected chi connectivity index (χ1v) is 6.77. The molecule has 0 aliphatic heterocycles. The van der Waals surface area contributed by atoms with E-state index in [0.717, 1.165) is 0 Å². The topological polar surface area (TPSA) is 47.3 Å². The molecule has 0 saturated carbocycles. The molecule has 0 aromatic heterocycles. The Labute approximate surface area is 121 Å². The second-order valence-electron chi connectivity index (χ2n) is 4.41. The maximum atomic E-state index is 5.55. The van der Waals surface area contributed by atoms with Crippen molar-refractivity contribution in [1.82, 2.24) is 5.32 Å². The minimum absolute atomic E-state index is 0.288. The van der Waals surface area contributed by atoms with Gasteiger partial charge in [-0.1, -0.05) is 60.7 Å². The maximum absolute atomic E-state index is 5.55. The van der Waals surface area contributed by atoms with Gasteiger partial charge in [-0.2, -0.15) is 0 Å². The lowest BCUT2D eigenvalue weighted by atomic mass is 10.1. The summed E-state index contributed by atoms with van der Waals surface area (Å²) >= 11 is 0. The molecule has 2 rings (SSSR count). The standard InChI is InChI=1S/C9H14N2.C8H10O/c1-11-9(7-10)8-5-3-2-4-6-8;1-9-7-8-5-3-2-4-6-8/h2-6,9,11H,7,10H2,1H3;2-6H,7H2,1H3. The van der Waals surface area contributed by atoms with Crippen LogP contribution in [0.3, 0.4) is 0 Å². The summed E-state index contributed by atoms with van der Waals surface area (Å²) in [7, 11) is 3.62. The van der Waals surface area contributed by atoms with Gasteiger partial charge in [0.2, 0.25) is 0 Å². The molecule has 0 heterocycles. The molecule has 0 aliphatic carbocycles. The van der Waals surface area contributed by atoms with Crippen LogP contribution in [0, 0.1) is 0 Å². The second kappa shape index (κ2) is 10.1. The average molecular weight is 272 g/mol. The van der Waals surface area contributed by atoms with Gasteiger partial charge in [0.05, 0.1) is 6.61 Å². The van der Waals surface area contributed by atoms with Crippen LogP contribution in [0.1, 0.15) is 17.2 Å². The van der Waals surface area contributed by atoms with E-state index in [0.29, 0.717) is 13.2 Å². The van der Waals surface area contributed by atoms with Crippen molar-refractivity contribution in [2.45, 2.75) is 12.6 Å². The van der Waals surface area contributed by atoms with Crippen LogP contribution in [0.4, 0.5) is 0 Å². The molecule has 3 heteroatoms. The highest BCUT2D eigenvalue weighted by atomic mass is 16.5. The van der Waals surface area contributed by atoms with Crippen LogP contribution in [0.15, 0.2) is 60.7 Å². The van der Waals surface area contributed by atoms with E-state index in [2.05, 4.69) is 17.4 Å². The van der Waals surface area contributed by atoms with E-state index in [1.807, 2.05) is 55.6 Å². The average Bonchev–Trinajstić information content (AvgIpc) is 2.52. The van der Waals surface area contributed by atoms with Crippen LogP contribution in [0.2, 0.25) is 0 Å². The minimum Gasteiger partial charge on any atom is -0.380 e. The fourth-order valence-electron chi connectivity index (χ4n) is 1.85. The molecule has 1 unspecified atom stereocenters. The number of likely N-dealkylation sites (N-methyl/N-ethyl adjacent to an activating group) is 1. The van der Waals surface area contributed by atoms with Gasteiger partial charge in [-0.15, -0.1) is 0 Å². The number of methoxy groups -OCH3 is 1. The fraction of sp³-hybridized carbons (Fsp3) is 0.294. The lowest BCUT2D eigenvalue weighted by Crippen LogP contribution is -2.24. The lowest BCUT2D eigenvalue weighted by Gasteiger charge is -2.13. The molecule has 0 aliphatic rings. The molecule has 3 N–H and O–H groups in total. The van der Waals surface area contributed by atoms with E-state index in [1.54, 1.807) is 7.11 Å². The largest absolute Gasteiger partial charge is 0.380 e. The maximum Gasteiger partial charge on any atom is 0.0713 e. The zero-order chi connectivity index (χ0) is 14.6. The highest BCUT2D eigenvalue weighted by molar-refractivity contribution is 5.18. The van der Waals surface area contributed by atoms with Gasteiger partial charge in [0.1, 0.15) is 0 Å². The quantitative estimate of drug-likeness (QED) is 0.880. The number of benzene rings is 2. The smallest absolute Gasteiger partial charge is 0.0713 e. The molecule has 3 nitrogen and oxygen atoms in total. The van der Waals surface area contributed by atoms with Crippen molar-refractivity contribution in [1.29, 1.82) is 0 Å². The Morgan fingerprint density at radius 2 is 1.55 bits per heavy atom. The lowest BCUT2D eigenvalue weighted by molar-refractivity contribution is 0.185. The summed E-state index contributed by atoms with van der Waals surface area (Å²) in [5.41, 5.74) is 8.02. The Balaban J connectivity index is 0.000000204. The summed E-state index contributed by atoms with van der Waals surface area (Å²) < 4.78 is 4.93. The summed E-state index contributed by atoms with van der Waals surface area (Å²) in [5.74, 6) is 0. The summed E-state index contributed by atoms with van der Waals surface area (Å²) in [4.78, 5) is 0. The zero-order valence-electron chi connectivity index (χ0n) is 12.3. The molecule has 20 heavy (non-hydrogen) atoms. The van der Waals surface area contributed by atoms with E-state index in [9.17, 15) is 0 Å². The van der Waals surface area contributed by atoms with Gasteiger partial charge in [-0.05, 0) is 18.2 Å². The Hall–Kier alpha value is -1.68. The van der Waals surface area contributed by atoms with Crippen LogP contribution in [0.5, 0.6) is 0 Å². The van der Waals surface area contributed by atoms with Crippen LogP contribution in [-0.4, -0.2) is 20.7 Å². The van der Waals surface area contributed by atoms with Crippen LogP contribution >= 0.6 is 0 Å². The molecular weight excluding hydrogens is 248 g/mol. The van der Waals surface area contributed by atoms with Crippen molar-refractivity contribution < 1.29 is 4.74 Å². The fourth-order valence-corrected chi connectivity index (χ4v) is 1.85. The molecule has 0 amide bonds.